The van der Waals surface area contributed by atoms with Crippen LogP contribution in [0.1, 0.15) is 36.9 Å². The van der Waals surface area contributed by atoms with E-state index in [0.717, 1.165) is 18.4 Å². The highest BCUT2D eigenvalue weighted by molar-refractivity contribution is 5.25. The van der Waals surface area contributed by atoms with E-state index in [4.69, 9.17) is 5.53 Å². The average molecular weight is 189 g/mol. The fourth-order valence-electron chi connectivity index (χ4n) is 1.50. The van der Waals surface area contributed by atoms with Gasteiger partial charge in [-0.15, -0.1) is 0 Å². The van der Waals surface area contributed by atoms with E-state index < -0.39 is 0 Å². The molecule has 0 amide bonds. The van der Waals surface area contributed by atoms with Crippen LogP contribution in [0.15, 0.2) is 29.4 Å². The summed E-state index contributed by atoms with van der Waals surface area (Å²) in [7, 11) is 0. The summed E-state index contributed by atoms with van der Waals surface area (Å²) >= 11 is 0. The Morgan fingerprint density at radius 2 is 2.29 bits per heavy atom. The number of rotatable bonds is 4. The molecule has 0 aliphatic carbocycles. The van der Waals surface area contributed by atoms with Crippen molar-refractivity contribution in [2.45, 2.75) is 32.7 Å². The van der Waals surface area contributed by atoms with Gasteiger partial charge in [-0.3, -0.25) is 0 Å². The van der Waals surface area contributed by atoms with E-state index in [-0.39, 0.29) is 6.04 Å². The molecule has 1 aromatic carbocycles. The van der Waals surface area contributed by atoms with Gasteiger partial charge in [-0.05, 0) is 24.4 Å². The zero-order valence-corrected chi connectivity index (χ0v) is 8.64. The fourth-order valence-corrected chi connectivity index (χ4v) is 1.50. The molecule has 0 saturated carbocycles. The summed E-state index contributed by atoms with van der Waals surface area (Å²) in [5.74, 6) is 0. The molecule has 1 unspecified atom stereocenters. The number of nitrogens with zero attached hydrogens (tertiary/aromatic N) is 3. The summed E-state index contributed by atoms with van der Waals surface area (Å²) in [6.45, 7) is 4.14. The maximum absolute atomic E-state index is 8.45. The molecule has 0 aliphatic rings. The summed E-state index contributed by atoms with van der Waals surface area (Å²) in [5, 5.41) is 3.81. The van der Waals surface area contributed by atoms with E-state index >= 15 is 0 Å². The number of benzene rings is 1. The number of hydrogen-bond acceptors (Lipinski definition) is 1. The molecule has 0 spiro atoms. The molecule has 0 saturated heterocycles. The quantitative estimate of drug-likeness (QED) is 0.388. The van der Waals surface area contributed by atoms with E-state index in [2.05, 4.69) is 23.0 Å². The molecule has 0 N–H and O–H groups in total. The molecule has 3 heteroatoms. The largest absolute Gasteiger partial charge is 0.0859 e. The maximum atomic E-state index is 8.45. The smallest absolute Gasteiger partial charge is 0.0625 e. The topological polar surface area (TPSA) is 48.8 Å². The molecule has 1 aromatic rings. The Balaban J connectivity index is 2.92. The van der Waals surface area contributed by atoms with E-state index in [0.29, 0.717) is 0 Å². The summed E-state index contributed by atoms with van der Waals surface area (Å²) in [6, 6.07) is 8.13. The highest BCUT2D eigenvalue weighted by atomic mass is 15.1. The first kappa shape index (κ1) is 10.6. The van der Waals surface area contributed by atoms with Crippen LogP contribution in [0, 0.1) is 6.92 Å². The predicted molar refractivity (Wildman–Crippen MR) is 58.0 cm³/mol. The highest BCUT2D eigenvalue weighted by Crippen LogP contribution is 2.23. The average Bonchev–Trinajstić information content (AvgIpc) is 2.17. The molecule has 1 atom stereocenters. The molecule has 0 radical (unpaired) electrons. The highest BCUT2D eigenvalue weighted by Gasteiger charge is 2.07. The zero-order valence-electron chi connectivity index (χ0n) is 8.64. The lowest BCUT2D eigenvalue weighted by atomic mass is 10.0. The Kier molecular flexibility index (Phi) is 4.02. The van der Waals surface area contributed by atoms with Crippen LogP contribution in [0.3, 0.4) is 0 Å². The molecule has 14 heavy (non-hydrogen) atoms. The first-order chi connectivity index (χ1) is 6.77. The second-order valence-electron chi connectivity index (χ2n) is 3.42. The van der Waals surface area contributed by atoms with Crippen molar-refractivity contribution in [3.63, 3.8) is 0 Å². The summed E-state index contributed by atoms with van der Waals surface area (Å²) in [6.07, 6.45) is 1.94. The van der Waals surface area contributed by atoms with Crippen molar-refractivity contribution < 1.29 is 0 Å². The molecule has 1 rings (SSSR count). The van der Waals surface area contributed by atoms with Crippen LogP contribution < -0.4 is 0 Å². The first-order valence-electron chi connectivity index (χ1n) is 4.88. The van der Waals surface area contributed by atoms with Crippen molar-refractivity contribution in [2.75, 3.05) is 0 Å². The zero-order chi connectivity index (χ0) is 10.4. The number of azide groups is 1. The van der Waals surface area contributed by atoms with Crippen molar-refractivity contribution >= 4 is 0 Å². The van der Waals surface area contributed by atoms with Gasteiger partial charge in [0.15, 0.2) is 0 Å². The van der Waals surface area contributed by atoms with E-state index in [1.54, 1.807) is 0 Å². The molecule has 0 bridgehead atoms. The number of aryl methyl sites for hydroxylation is 1. The van der Waals surface area contributed by atoms with Crippen LogP contribution in [0.25, 0.3) is 10.4 Å². The van der Waals surface area contributed by atoms with Gasteiger partial charge >= 0.3 is 0 Å². The van der Waals surface area contributed by atoms with Crippen LogP contribution >= 0.6 is 0 Å². The Hall–Kier alpha value is -1.47. The van der Waals surface area contributed by atoms with Gasteiger partial charge in [0, 0.05) is 4.91 Å². The SMILES string of the molecule is CCCC(N=[N+]=[N-])c1cccc(C)c1. The van der Waals surface area contributed by atoms with Gasteiger partial charge in [0.1, 0.15) is 0 Å². The minimum atomic E-state index is -0.00935. The number of hydrogen-bond donors (Lipinski definition) is 0. The summed E-state index contributed by atoms with van der Waals surface area (Å²) < 4.78 is 0. The molecule has 74 valence electrons. The third-order valence-corrected chi connectivity index (χ3v) is 2.18. The van der Waals surface area contributed by atoms with Gasteiger partial charge in [-0.1, -0.05) is 48.3 Å². The molecule has 0 fully saturated rings. The van der Waals surface area contributed by atoms with Crippen molar-refractivity contribution in [3.05, 3.63) is 45.8 Å². The normalized spacial score (nSPS) is 11.9. The van der Waals surface area contributed by atoms with Gasteiger partial charge < -0.3 is 0 Å². The lowest BCUT2D eigenvalue weighted by molar-refractivity contribution is 0.634. The second-order valence-corrected chi connectivity index (χ2v) is 3.42. The molecular formula is C11H15N3. The third-order valence-electron chi connectivity index (χ3n) is 2.18. The van der Waals surface area contributed by atoms with Gasteiger partial charge in [-0.2, -0.15) is 0 Å². The van der Waals surface area contributed by atoms with Crippen LogP contribution in [-0.2, 0) is 0 Å². The van der Waals surface area contributed by atoms with Crippen LogP contribution in [-0.4, -0.2) is 0 Å². The molecular weight excluding hydrogens is 174 g/mol. The Morgan fingerprint density at radius 3 is 2.86 bits per heavy atom. The van der Waals surface area contributed by atoms with Crippen molar-refractivity contribution in [3.8, 4) is 0 Å². The third kappa shape index (κ3) is 2.79. The Bertz CT molecular complexity index is 340. The summed E-state index contributed by atoms with van der Waals surface area (Å²) in [5.41, 5.74) is 10.8. The van der Waals surface area contributed by atoms with Crippen LogP contribution in [0.5, 0.6) is 0 Å². The van der Waals surface area contributed by atoms with Crippen molar-refractivity contribution in [1.29, 1.82) is 0 Å². The van der Waals surface area contributed by atoms with E-state index in [1.807, 2.05) is 25.1 Å². The molecule has 3 nitrogen and oxygen atoms in total. The lowest BCUT2D eigenvalue weighted by Gasteiger charge is -2.10. The molecule has 0 aliphatic heterocycles. The molecule has 0 aromatic heterocycles. The van der Waals surface area contributed by atoms with Gasteiger partial charge in [-0.25, -0.2) is 0 Å². The minimum Gasteiger partial charge on any atom is -0.0859 e. The second kappa shape index (κ2) is 5.30. The van der Waals surface area contributed by atoms with E-state index in [1.165, 1.54) is 5.56 Å². The van der Waals surface area contributed by atoms with Gasteiger partial charge in [0.05, 0.1) is 6.04 Å². The monoisotopic (exact) mass is 189 g/mol. The summed E-state index contributed by atoms with van der Waals surface area (Å²) in [4.78, 5) is 2.89. The van der Waals surface area contributed by atoms with Gasteiger partial charge in [0.2, 0.25) is 0 Å². The van der Waals surface area contributed by atoms with E-state index in [9.17, 15) is 0 Å². The minimum absolute atomic E-state index is 0.00935. The lowest BCUT2D eigenvalue weighted by Crippen LogP contribution is -1.94. The standard InChI is InChI=1S/C11H15N3/c1-3-5-11(13-14-12)10-7-4-6-9(2)8-10/h4,6-8,11H,3,5H2,1-2H3. The van der Waals surface area contributed by atoms with Crippen LogP contribution in [0.4, 0.5) is 0 Å². The Morgan fingerprint density at radius 1 is 1.50 bits per heavy atom. The fraction of sp³-hybridized carbons (Fsp3) is 0.455. The maximum Gasteiger partial charge on any atom is 0.0625 e. The first-order valence-corrected chi connectivity index (χ1v) is 4.88. The van der Waals surface area contributed by atoms with Crippen molar-refractivity contribution in [2.24, 2.45) is 5.11 Å². The van der Waals surface area contributed by atoms with Gasteiger partial charge in [0.25, 0.3) is 0 Å². The Labute approximate surface area is 84.4 Å². The van der Waals surface area contributed by atoms with Crippen LogP contribution in [0.2, 0.25) is 0 Å². The van der Waals surface area contributed by atoms with Crippen molar-refractivity contribution in [1.82, 2.24) is 0 Å². The molecule has 0 heterocycles. The predicted octanol–water partition coefficient (Wildman–Crippen LogP) is 4.15.